The molecule has 1 saturated heterocycles. The number of aromatic nitrogens is 2. The number of piperidine rings is 1. The van der Waals surface area contributed by atoms with Gasteiger partial charge in [0.1, 0.15) is 6.33 Å². The van der Waals surface area contributed by atoms with Gasteiger partial charge in [0.25, 0.3) is 0 Å². The highest BCUT2D eigenvalue weighted by Gasteiger charge is 2.27. The Morgan fingerprint density at radius 2 is 2.20 bits per heavy atom. The second-order valence-corrected chi connectivity index (χ2v) is 3.74. The highest BCUT2D eigenvalue weighted by Crippen LogP contribution is 2.26. The number of carboxylic acid groups (broad SMARTS) is 1. The number of carboxylic acids is 1. The van der Waals surface area contributed by atoms with Crippen molar-refractivity contribution in [1.82, 2.24) is 15.3 Å². The number of rotatable bonds is 2. The molecule has 0 spiro atoms. The first kappa shape index (κ1) is 10.0. The molecule has 80 valence electrons. The minimum atomic E-state index is -0.710. The lowest BCUT2D eigenvalue weighted by Gasteiger charge is -2.27. The summed E-state index contributed by atoms with van der Waals surface area (Å²) in [5.74, 6) is -0.963. The summed E-state index contributed by atoms with van der Waals surface area (Å²) in [5.41, 5.74) is 0.962. The minimum absolute atomic E-state index is 0.0704. The van der Waals surface area contributed by atoms with Gasteiger partial charge < -0.3 is 10.4 Å². The first-order valence-electron chi connectivity index (χ1n) is 4.98. The molecule has 2 heterocycles. The predicted octanol–water partition coefficient (Wildman–Crippen LogP) is 0.602. The molecule has 2 unspecified atom stereocenters. The summed E-state index contributed by atoms with van der Waals surface area (Å²) in [5, 5.41) is 12.2. The van der Waals surface area contributed by atoms with Crippen LogP contribution in [0.4, 0.5) is 0 Å². The number of nitrogens with one attached hydrogen (secondary N) is 1. The van der Waals surface area contributed by atoms with E-state index in [0.29, 0.717) is 12.8 Å². The number of nitrogens with zero attached hydrogens (tertiary/aromatic N) is 2. The summed E-state index contributed by atoms with van der Waals surface area (Å²) in [4.78, 5) is 18.7. The van der Waals surface area contributed by atoms with Crippen LogP contribution in [0.2, 0.25) is 0 Å². The van der Waals surface area contributed by atoms with Crippen molar-refractivity contribution in [2.24, 2.45) is 5.92 Å². The Morgan fingerprint density at radius 3 is 2.87 bits per heavy atom. The molecule has 5 nitrogen and oxygen atoms in total. The van der Waals surface area contributed by atoms with Crippen LogP contribution >= 0.6 is 0 Å². The SMILES string of the molecule is O=C(O)C1CCNC(c2cncnc2)C1. The Kier molecular flexibility index (Phi) is 2.91. The van der Waals surface area contributed by atoms with Gasteiger partial charge in [-0.05, 0) is 19.4 Å². The van der Waals surface area contributed by atoms with E-state index in [1.54, 1.807) is 12.4 Å². The van der Waals surface area contributed by atoms with Gasteiger partial charge in [-0.15, -0.1) is 0 Å². The van der Waals surface area contributed by atoms with Crippen molar-refractivity contribution >= 4 is 5.97 Å². The fourth-order valence-corrected chi connectivity index (χ4v) is 1.89. The van der Waals surface area contributed by atoms with Crippen molar-refractivity contribution in [2.45, 2.75) is 18.9 Å². The molecule has 0 amide bonds. The molecule has 1 fully saturated rings. The average molecular weight is 207 g/mol. The monoisotopic (exact) mass is 207 g/mol. The van der Waals surface area contributed by atoms with Crippen LogP contribution in [0.5, 0.6) is 0 Å². The fourth-order valence-electron chi connectivity index (χ4n) is 1.89. The normalized spacial score (nSPS) is 26.1. The Hall–Kier alpha value is -1.49. The maximum atomic E-state index is 10.9. The summed E-state index contributed by atoms with van der Waals surface area (Å²) < 4.78 is 0. The van der Waals surface area contributed by atoms with Crippen molar-refractivity contribution < 1.29 is 9.90 Å². The molecule has 0 radical (unpaired) electrons. The smallest absolute Gasteiger partial charge is 0.306 e. The molecule has 2 rings (SSSR count). The first-order chi connectivity index (χ1) is 7.27. The number of aliphatic carboxylic acids is 1. The van der Waals surface area contributed by atoms with Gasteiger partial charge in [0.2, 0.25) is 0 Å². The molecule has 2 atom stereocenters. The Morgan fingerprint density at radius 1 is 1.47 bits per heavy atom. The van der Waals surface area contributed by atoms with E-state index in [4.69, 9.17) is 5.11 Å². The summed E-state index contributed by atoms with van der Waals surface area (Å²) >= 11 is 0. The standard InChI is InChI=1S/C10H13N3O2/c14-10(15)7-1-2-13-9(3-7)8-4-11-6-12-5-8/h4-7,9,13H,1-3H2,(H,14,15). The summed E-state index contributed by atoms with van der Waals surface area (Å²) in [6, 6.07) is 0.0704. The highest BCUT2D eigenvalue weighted by atomic mass is 16.4. The molecule has 0 saturated carbocycles. The number of hydrogen-bond donors (Lipinski definition) is 2. The second kappa shape index (κ2) is 4.35. The van der Waals surface area contributed by atoms with E-state index in [1.807, 2.05) is 0 Å². The maximum absolute atomic E-state index is 10.9. The molecule has 1 aromatic rings. The van der Waals surface area contributed by atoms with Crippen molar-refractivity contribution in [2.75, 3.05) is 6.54 Å². The molecule has 1 aliphatic heterocycles. The molecule has 1 aliphatic rings. The van der Waals surface area contributed by atoms with Crippen molar-refractivity contribution in [3.8, 4) is 0 Å². The third kappa shape index (κ3) is 2.30. The van der Waals surface area contributed by atoms with Gasteiger partial charge in [0.15, 0.2) is 0 Å². The lowest BCUT2D eigenvalue weighted by Crippen LogP contribution is -2.35. The quantitative estimate of drug-likeness (QED) is 0.742. The third-order valence-electron chi connectivity index (χ3n) is 2.74. The van der Waals surface area contributed by atoms with Crippen LogP contribution in [0.25, 0.3) is 0 Å². The molecular weight excluding hydrogens is 194 g/mol. The van der Waals surface area contributed by atoms with Gasteiger partial charge in [-0.3, -0.25) is 4.79 Å². The van der Waals surface area contributed by atoms with Gasteiger partial charge in [-0.1, -0.05) is 0 Å². The molecule has 0 bridgehead atoms. The zero-order chi connectivity index (χ0) is 10.7. The molecule has 5 heteroatoms. The van der Waals surface area contributed by atoms with Gasteiger partial charge in [0.05, 0.1) is 5.92 Å². The molecule has 0 aromatic carbocycles. The summed E-state index contributed by atoms with van der Waals surface area (Å²) in [7, 11) is 0. The van der Waals surface area contributed by atoms with E-state index in [9.17, 15) is 4.79 Å². The van der Waals surface area contributed by atoms with Gasteiger partial charge in [-0.2, -0.15) is 0 Å². The van der Waals surface area contributed by atoms with Crippen molar-refractivity contribution in [3.63, 3.8) is 0 Å². The minimum Gasteiger partial charge on any atom is -0.481 e. The van der Waals surface area contributed by atoms with Gasteiger partial charge >= 0.3 is 5.97 Å². The zero-order valence-electron chi connectivity index (χ0n) is 8.26. The third-order valence-corrected chi connectivity index (χ3v) is 2.74. The average Bonchev–Trinajstić information content (AvgIpc) is 2.30. The first-order valence-corrected chi connectivity index (χ1v) is 4.98. The van der Waals surface area contributed by atoms with Crippen LogP contribution in [0.15, 0.2) is 18.7 Å². The van der Waals surface area contributed by atoms with Crippen LogP contribution in [-0.2, 0) is 4.79 Å². The molecule has 2 N–H and O–H groups in total. The topological polar surface area (TPSA) is 75.1 Å². The van der Waals surface area contributed by atoms with Crippen LogP contribution in [0.1, 0.15) is 24.4 Å². The Bertz CT molecular complexity index is 342. The number of carbonyl (C=O) groups is 1. The molecule has 15 heavy (non-hydrogen) atoms. The van der Waals surface area contributed by atoms with E-state index in [-0.39, 0.29) is 12.0 Å². The second-order valence-electron chi connectivity index (χ2n) is 3.74. The largest absolute Gasteiger partial charge is 0.481 e. The lowest BCUT2D eigenvalue weighted by molar-refractivity contribution is -0.143. The van der Waals surface area contributed by atoms with Crippen LogP contribution in [0.3, 0.4) is 0 Å². The fraction of sp³-hybridized carbons (Fsp3) is 0.500. The van der Waals surface area contributed by atoms with E-state index in [2.05, 4.69) is 15.3 Å². The predicted molar refractivity (Wildman–Crippen MR) is 53.1 cm³/mol. The Labute approximate surface area is 87.6 Å². The summed E-state index contributed by atoms with van der Waals surface area (Å²) in [6.45, 7) is 0.733. The zero-order valence-corrected chi connectivity index (χ0v) is 8.26. The molecular formula is C10H13N3O2. The summed E-state index contributed by atoms with van der Waals surface area (Å²) in [6.07, 6.45) is 6.24. The van der Waals surface area contributed by atoms with E-state index in [1.165, 1.54) is 6.33 Å². The van der Waals surface area contributed by atoms with Gasteiger partial charge in [-0.25, -0.2) is 9.97 Å². The molecule has 1 aromatic heterocycles. The Balaban J connectivity index is 2.08. The lowest BCUT2D eigenvalue weighted by atomic mass is 9.90. The maximum Gasteiger partial charge on any atom is 0.306 e. The molecule has 0 aliphatic carbocycles. The van der Waals surface area contributed by atoms with Crippen LogP contribution in [-0.4, -0.2) is 27.6 Å². The van der Waals surface area contributed by atoms with Crippen LogP contribution in [0, 0.1) is 5.92 Å². The van der Waals surface area contributed by atoms with Crippen LogP contribution < -0.4 is 5.32 Å². The highest BCUT2D eigenvalue weighted by molar-refractivity contribution is 5.70. The van der Waals surface area contributed by atoms with Gasteiger partial charge in [0, 0.05) is 24.0 Å². The van der Waals surface area contributed by atoms with Crippen molar-refractivity contribution in [3.05, 3.63) is 24.3 Å². The van der Waals surface area contributed by atoms with E-state index in [0.717, 1.165) is 12.1 Å². The van der Waals surface area contributed by atoms with E-state index < -0.39 is 5.97 Å². The van der Waals surface area contributed by atoms with Crippen molar-refractivity contribution in [1.29, 1.82) is 0 Å². The van der Waals surface area contributed by atoms with E-state index >= 15 is 0 Å². The number of hydrogen-bond acceptors (Lipinski definition) is 4.